The average molecular weight is 211 g/mol. The van der Waals surface area contributed by atoms with E-state index in [0.717, 1.165) is 6.42 Å². The van der Waals surface area contributed by atoms with E-state index in [4.69, 9.17) is 0 Å². The maximum absolute atomic E-state index is 2.20. The Morgan fingerprint density at radius 1 is 0.812 bits per heavy atom. The fraction of sp³-hybridized carbons (Fsp3) is 0.200. The molecule has 1 nitrogen and oxygen atoms in total. The molecule has 2 rings (SSSR count). The molecule has 0 saturated heterocycles. The molecule has 0 N–H and O–H groups in total. The highest BCUT2D eigenvalue weighted by atomic mass is 15.1. The van der Waals surface area contributed by atoms with Gasteiger partial charge >= 0.3 is 0 Å². The molecule has 0 unspecified atom stereocenters. The molecule has 0 aromatic heterocycles. The zero-order chi connectivity index (χ0) is 11.4. The van der Waals surface area contributed by atoms with Crippen LogP contribution in [0.4, 0.5) is 5.69 Å². The van der Waals surface area contributed by atoms with Gasteiger partial charge in [-0.15, -0.1) is 0 Å². The van der Waals surface area contributed by atoms with Crippen LogP contribution in [0.5, 0.6) is 0 Å². The van der Waals surface area contributed by atoms with E-state index in [1.165, 1.54) is 16.8 Å². The molecule has 0 aliphatic heterocycles. The van der Waals surface area contributed by atoms with Crippen molar-refractivity contribution in [2.24, 2.45) is 0 Å². The molecule has 0 spiro atoms. The number of para-hydroxylation sites is 1. The minimum absolute atomic E-state index is 0.995. The minimum atomic E-state index is 0.995. The van der Waals surface area contributed by atoms with Crippen LogP contribution >= 0.6 is 0 Å². The van der Waals surface area contributed by atoms with Gasteiger partial charge in [-0.2, -0.15) is 0 Å². The first-order valence-electron chi connectivity index (χ1n) is 5.56. The lowest BCUT2D eigenvalue weighted by atomic mass is 10.0. The van der Waals surface area contributed by atoms with E-state index in [1.807, 2.05) is 0 Å². The maximum Gasteiger partial charge on any atom is 0.0396 e. The number of hydrogen-bond donors (Lipinski definition) is 0. The minimum Gasteiger partial charge on any atom is -0.377 e. The Balaban J connectivity index is 2.28. The summed E-state index contributed by atoms with van der Waals surface area (Å²) in [6, 6.07) is 19.1. The summed E-state index contributed by atoms with van der Waals surface area (Å²) in [5, 5.41) is 0. The van der Waals surface area contributed by atoms with E-state index in [-0.39, 0.29) is 0 Å². The Bertz CT molecular complexity index is 446. The van der Waals surface area contributed by atoms with Crippen LogP contribution in [0.1, 0.15) is 11.1 Å². The molecule has 0 atom stereocenters. The summed E-state index contributed by atoms with van der Waals surface area (Å²) in [5.74, 6) is 0. The summed E-state index contributed by atoms with van der Waals surface area (Å²) in [4.78, 5) is 2.16. The van der Waals surface area contributed by atoms with E-state index in [2.05, 4.69) is 73.6 Å². The summed E-state index contributed by atoms with van der Waals surface area (Å²) in [7, 11) is 4.17. The van der Waals surface area contributed by atoms with Crippen LogP contribution in [0.25, 0.3) is 0 Å². The SMILES string of the molecule is CN(C)c1ccccc1Cc1ccccc1. The molecule has 0 radical (unpaired) electrons. The van der Waals surface area contributed by atoms with Crippen molar-refractivity contribution < 1.29 is 0 Å². The molecule has 2 aromatic carbocycles. The molecule has 16 heavy (non-hydrogen) atoms. The van der Waals surface area contributed by atoms with E-state index in [9.17, 15) is 0 Å². The van der Waals surface area contributed by atoms with Crippen LogP contribution in [0.3, 0.4) is 0 Å². The molecular formula is C15H17N. The van der Waals surface area contributed by atoms with Crippen molar-refractivity contribution in [3.63, 3.8) is 0 Å². The molecule has 0 bridgehead atoms. The highest BCUT2D eigenvalue weighted by Gasteiger charge is 2.03. The Labute approximate surface area is 97.3 Å². The Hall–Kier alpha value is -1.76. The van der Waals surface area contributed by atoms with Gasteiger partial charge in [0.05, 0.1) is 0 Å². The highest BCUT2D eigenvalue weighted by Crippen LogP contribution is 2.20. The zero-order valence-corrected chi connectivity index (χ0v) is 9.85. The van der Waals surface area contributed by atoms with Gasteiger partial charge in [-0.05, 0) is 23.6 Å². The Morgan fingerprint density at radius 2 is 1.44 bits per heavy atom. The standard InChI is InChI=1S/C15H17N/c1-16(2)15-11-7-6-10-14(15)12-13-8-4-3-5-9-13/h3-11H,12H2,1-2H3. The fourth-order valence-corrected chi connectivity index (χ4v) is 1.91. The van der Waals surface area contributed by atoms with Crippen LogP contribution in [-0.2, 0) is 6.42 Å². The van der Waals surface area contributed by atoms with Crippen molar-refractivity contribution in [2.45, 2.75) is 6.42 Å². The topological polar surface area (TPSA) is 3.24 Å². The van der Waals surface area contributed by atoms with Crippen molar-refractivity contribution in [3.8, 4) is 0 Å². The second-order valence-corrected chi connectivity index (χ2v) is 4.19. The van der Waals surface area contributed by atoms with E-state index < -0.39 is 0 Å². The van der Waals surface area contributed by atoms with Gasteiger partial charge in [0.15, 0.2) is 0 Å². The second-order valence-electron chi connectivity index (χ2n) is 4.19. The quantitative estimate of drug-likeness (QED) is 0.752. The van der Waals surface area contributed by atoms with Crippen LogP contribution in [-0.4, -0.2) is 14.1 Å². The van der Waals surface area contributed by atoms with Gasteiger partial charge in [-0.3, -0.25) is 0 Å². The van der Waals surface area contributed by atoms with E-state index in [1.54, 1.807) is 0 Å². The van der Waals surface area contributed by atoms with Gasteiger partial charge in [0.1, 0.15) is 0 Å². The van der Waals surface area contributed by atoms with Gasteiger partial charge in [0, 0.05) is 19.8 Å². The highest BCUT2D eigenvalue weighted by molar-refractivity contribution is 5.53. The average Bonchev–Trinajstić information content (AvgIpc) is 2.31. The summed E-state index contributed by atoms with van der Waals surface area (Å²) >= 11 is 0. The molecule has 1 heteroatoms. The van der Waals surface area contributed by atoms with Crippen molar-refractivity contribution in [1.29, 1.82) is 0 Å². The zero-order valence-electron chi connectivity index (χ0n) is 9.85. The number of benzene rings is 2. The van der Waals surface area contributed by atoms with Gasteiger partial charge < -0.3 is 4.90 Å². The van der Waals surface area contributed by atoms with Crippen molar-refractivity contribution in [3.05, 3.63) is 65.7 Å². The number of rotatable bonds is 3. The summed E-state index contributed by atoms with van der Waals surface area (Å²) < 4.78 is 0. The van der Waals surface area contributed by atoms with Crippen LogP contribution in [0.2, 0.25) is 0 Å². The lowest BCUT2D eigenvalue weighted by Crippen LogP contribution is -2.11. The Morgan fingerprint density at radius 3 is 2.12 bits per heavy atom. The van der Waals surface area contributed by atoms with Gasteiger partial charge in [0.2, 0.25) is 0 Å². The first-order chi connectivity index (χ1) is 7.77. The van der Waals surface area contributed by atoms with Crippen molar-refractivity contribution in [2.75, 3.05) is 19.0 Å². The lowest BCUT2D eigenvalue weighted by molar-refractivity contribution is 1.08. The van der Waals surface area contributed by atoms with Gasteiger partial charge in [0.25, 0.3) is 0 Å². The number of anilines is 1. The molecule has 0 saturated carbocycles. The summed E-state index contributed by atoms with van der Waals surface area (Å²) in [6.45, 7) is 0. The van der Waals surface area contributed by atoms with Gasteiger partial charge in [-0.1, -0.05) is 48.5 Å². The first-order valence-corrected chi connectivity index (χ1v) is 5.56. The summed E-state index contributed by atoms with van der Waals surface area (Å²) in [6.07, 6.45) is 0.995. The molecule has 0 heterocycles. The first kappa shape index (κ1) is 10.7. The second kappa shape index (κ2) is 4.84. The number of nitrogens with zero attached hydrogens (tertiary/aromatic N) is 1. The van der Waals surface area contributed by atoms with Gasteiger partial charge in [-0.25, -0.2) is 0 Å². The van der Waals surface area contributed by atoms with Crippen LogP contribution in [0, 0.1) is 0 Å². The monoisotopic (exact) mass is 211 g/mol. The fourth-order valence-electron chi connectivity index (χ4n) is 1.91. The molecule has 0 aliphatic carbocycles. The number of hydrogen-bond acceptors (Lipinski definition) is 1. The van der Waals surface area contributed by atoms with Crippen LogP contribution < -0.4 is 4.90 Å². The molecular weight excluding hydrogens is 194 g/mol. The van der Waals surface area contributed by atoms with Crippen molar-refractivity contribution in [1.82, 2.24) is 0 Å². The largest absolute Gasteiger partial charge is 0.377 e. The lowest BCUT2D eigenvalue weighted by Gasteiger charge is -2.17. The van der Waals surface area contributed by atoms with E-state index in [0.29, 0.717) is 0 Å². The predicted molar refractivity (Wildman–Crippen MR) is 70.0 cm³/mol. The van der Waals surface area contributed by atoms with Crippen LogP contribution in [0.15, 0.2) is 54.6 Å². The Kier molecular flexibility index (Phi) is 3.25. The third kappa shape index (κ3) is 2.43. The summed E-state index contributed by atoms with van der Waals surface area (Å²) in [5.41, 5.74) is 4.03. The molecule has 0 amide bonds. The molecule has 0 fully saturated rings. The molecule has 2 aromatic rings. The normalized spacial score (nSPS) is 10.1. The maximum atomic E-state index is 2.20. The molecule has 82 valence electrons. The third-order valence-corrected chi connectivity index (χ3v) is 2.71. The third-order valence-electron chi connectivity index (χ3n) is 2.71. The van der Waals surface area contributed by atoms with Crippen molar-refractivity contribution >= 4 is 5.69 Å². The smallest absolute Gasteiger partial charge is 0.0396 e. The molecule has 0 aliphatic rings. The van der Waals surface area contributed by atoms with E-state index >= 15 is 0 Å². The predicted octanol–water partition coefficient (Wildman–Crippen LogP) is 3.34.